The lowest BCUT2D eigenvalue weighted by Gasteiger charge is -2.08. The number of benzene rings is 5. The number of unbranched alkanes of at least 4 members (excludes halogenated alkanes) is 20. The van der Waals surface area contributed by atoms with Crippen LogP contribution in [0.15, 0.2) is 137 Å². The van der Waals surface area contributed by atoms with Gasteiger partial charge in [-0.1, -0.05) is 154 Å². The maximum atomic E-state index is 12.9. The van der Waals surface area contributed by atoms with Crippen LogP contribution in [0.5, 0.6) is 23.0 Å². The predicted molar refractivity (Wildman–Crippen MR) is 277 cm³/mol. The Balaban J connectivity index is 0.947. The molecule has 0 N–H and O–H groups in total. The third-order valence-corrected chi connectivity index (χ3v) is 11.8. The largest absolute Gasteiger partial charge is 0.494 e. The van der Waals surface area contributed by atoms with Crippen molar-refractivity contribution in [2.75, 3.05) is 13.2 Å². The summed E-state index contributed by atoms with van der Waals surface area (Å²) in [5, 5.41) is 8.68. The molecule has 5 aromatic carbocycles. The van der Waals surface area contributed by atoms with E-state index in [9.17, 15) is 9.59 Å². The number of esters is 2. The van der Waals surface area contributed by atoms with Crippen molar-refractivity contribution in [1.82, 2.24) is 0 Å². The zero-order valence-electron chi connectivity index (χ0n) is 40.9. The second-order valence-corrected chi connectivity index (χ2v) is 17.6. The number of ether oxygens (including phenoxy) is 4. The highest BCUT2D eigenvalue weighted by Crippen LogP contribution is 2.25. The zero-order valence-corrected chi connectivity index (χ0v) is 40.9. The summed E-state index contributed by atoms with van der Waals surface area (Å²) >= 11 is 0. The first-order valence-electron chi connectivity index (χ1n) is 25.6. The van der Waals surface area contributed by atoms with Gasteiger partial charge in [0.15, 0.2) is 0 Å². The lowest BCUT2D eigenvalue weighted by atomic mass is 10.0. The minimum atomic E-state index is -0.489. The maximum Gasteiger partial charge on any atom is 0.343 e. The molecule has 9 heteroatoms. The van der Waals surface area contributed by atoms with E-state index in [0.717, 1.165) is 42.2 Å². The highest BCUT2D eigenvalue weighted by molar-refractivity contribution is 5.92. The Morgan fingerprint density at radius 3 is 1.22 bits per heavy atom. The summed E-state index contributed by atoms with van der Waals surface area (Å²) in [7, 11) is 0. The summed E-state index contributed by atoms with van der Waals surface area (Å²) < 4.78 is 23.1. The Labute approximate surface area is 406 Å². The van der Waals surface area contributed by atoms with Crippen molar-refractivity contribution in [3.63, 3.8) is 0 Å². The first kappa shape index (κ1) is 52.9. The van der Waals surface area contributed by atoms with Gasteiger partial charge in [-0.3, -0.25) is 4.99 Å². The molecule has 0 aliphatic carbocycles. The van der Waals surface area contributed by atoms with Gasteiger partial charge in [0.1, 0.15) is 23.0 Å². The molecule has 5 aromatic rings. The van der Waals surface area contributed by atoms with Gasteiger partial charge >= 0.3 is 11.9 Å². The van der Waals surface area contributed by atoms with Gasteiger partial charge in [-0.25, -0.2) is 9.59 Å². The first-order chi connectivity index (χ1) is 33.5. The molecule has 0 heterocycles. The van der Waals surface area contributed by atoms with Gasteiger partial charge in [0, 0.05) is 6.21 Å². The quantitative estimate of drug-likeness (QED) is 0.0134. The van der Waals surface area contributed by atoms with Crippen LogP contribution in [-0.2, 0) is 0 Å². The van der Waals surface area contributed by atoms with Crippen molar-refractivity contribution in [3.05, 3.63) is 138 Å². The molecule has 362 valence electrons. The third-order valence-electron chi connectivity index (χ3n) is 11.8. The van der Waals surface area contributed by atoms with E-state index in [1.165, 1.54) is 128 Å². The molecule has 0 saturated carbocycles. The molecule has 0 fully saturated rings. The highest BCUT2D eigenvalue weighted by atomic mass is 16.5. The predicted octanol–water partition coefficient (Wildman–Crippen LogP) is 17.7. The van der Waals surface area contributed by atoms with Crippen molar-refractivity contribution in [2.24, 2.45) is 15.2 Å². The average Bonchev–Trinajstić information content (AvgIpc) is 3.37. The van der Waals surface area contributed by atoms with Gasteiger partial charge in [0.05, 0.1) is 41.4 Å². The van der Waals surface area contributed by atoms with Crippen LogP contribution in [0.2, 0.25) is 0 Å². The maximum absolute atomic E-state index is 12.9. The lowest BCUT2D eigenvalue weighted by molar-refractivity contribution is 0.0725. The van der Waals surface area contributed by atoms with Crippen molar-refractivity contribution >= 4 is 35.2 Å². The molecule has 0 aliphatic heterocycles. The molecule has 5 rings (SSSR count). The minimum Gasteiger partial charge on any atom is -0.494 e. The molecule has 9 nitrogen and oxygen atoms in total. The number of carbonyl (C=O) groups excluding carboxylic acids is 2. The summed E-state index contributed by atoms with van der Waals surface area (Å²) in [6.45, 7) is 5.91. The van der Waals surface area contributed by atoms with Gasteiger partial charge in [0.25, 0.3) is 0 Å². The Hall–Kier alpha value is -6.09. The van der Waals surface area contributed by atoms with E-state index in [-0.39, 0.29) is 0 Å². The van der Waals surface area contributed by atoms with Crippen molar-refractivity contribution in [2.45, 2.75) is 155 Å². The van der Waals surface area contributed by atoms with E-state index >= 15 is 0 Å². The number of rotatable bonds is 34. The molecule has 0 amide bonds. The van der Waals surface area contributed by atoms with E-state index in [0.29, 0.717) is 40.6 Å². The number of azo groups is 1. The van der Waals surface area contributed by atoms with Gasteiger partial charge < -0.3 is 18.9 Å². The Bertz CT molecular complexity index is 2200. The van der Waals surface area contributed by atoms with Crippen LogP contribution in [0.4, 0.5) is 17.1 Å². The molecule has 0 aromatic heterocycles. The molecule has 0 aliphatic rings. The van der Waals surface area contributed by atoms with Crippen LogP contribution < -0.4 is 18.9 Å². The van der Waals surface area contributed by atoms with E-state index in [1.807, 2.05) is 30.3 Å². The molecule has 68 heavy (non-hydrogen) atoms. The van der Waals surface area contributed by atoms with Crippen molar-refractivity contribution < 1.29 is 28.5 Å². The average molecular weight is 922 g/mol. The monoisotopic (exact) mass is 922 g/mol. The zero-order chi connectivity index (χ0) is 47.7. The second-order valence-electron chi connectivity index (χ2n) is 17.6. The summed E-state index contributed by atoms with van der Waals surface area (Å²) in [6.07, 6.45) is 30.5. The standard InChI is InChI=1S/C59H75N3O6/c1-3-5-7-9-11-13-14-15-16-17-18-20-22-24-45-66-55-40-34-52(35-41-55)61-62-53-36-42-56(43-37-53)67-58(63)49-28-32-51(33-29-49)60-47-48-26-25-27-57(46-48)68-59(64)50-30-38-54(39-31-50)65-44-23-21-19-12-10-8-6-4-2/h25-43,46-47H,3-24,44-45H2,1-2H3. The molecular formula is C59H75N3O6. The Morgan fingerprint density at radius 1 is 0.397 bits per heavy atom. The second kappa shape index (κ2) is 32.6. The van der Waals surface area contributed by atoms with E-state index in [4.69, 9.17) is 18.9 Å². The summed E-state index contributed by atoms with van der Waals surface area (Å²) in [4.78, 5) is 30.3. The molecule has 0 unspecified atom stereocenters. The Kier molecular flexibility index (Phi) is 25.3. The fourth-order valence-electron chi connectivity index (χ4n) is 7.73. The summed E-state index contributed by atoms with van der Waals surface area (Å²) in [5.41, 5.74) is 3.57. The summed E-state index contributed by atoms with van der Waals surface area (Å²) in [5.74, 6) is 1.44. The van der Waals surface area contributed by atoms with Crippen LogP contribution in [0, 0.1) is 0 Å². The van der Waals surface area contributed by atoms with Crippen LogP contribution in [-0.4, -0.2) is 31.4 Å². The molecule has 0 radical (unpaired) electrons. The minimum absolute atomic E-state index is 0.386. The van der Waals surface area contributed by atoms with Crippen LogP contribution >= 0.6 is 0 Å². The number of carbonyl (C=O) groups is 2. The molecule has 0 bridgehead atoms. The summed E-state index contributed by atoms with van der Waals surface area (Å²) in [6, 6.07) is 35.5. The number of aliphatic imine (C=N–C) groups is 1. The fraction of sp³-hybridized carbons (Fsp3) is 0.441. The molecule has 0 atom stereocenters. The Morgan fingerprint density at radius 2 is 0.765 bits per heavy atom. The van der Waals surface area contributed by atoms with Gasteiger partial charge in [0.2, 0.25) is 0 Å². The van der Waals surface area contributed by atoms with Crippen LogP contribution in [0.1, 0.15) is 181 Å². The van der Waals surface area contributed by atoms with E-state index < -0.39 is 11.9 Å². The van der Waals surface area contributed by atoms with Gasteiger partial charge in [-0.15, -0.1) is 0 Å². The molecule has 0 saturated heterocycles. The van der Waals surface area contributed by atoms with Crippen LogP contribution in [0.25, 0.3) is 0 Å². The number of nitrogens with zero attached hydrogens (tertiary/aromatic N) is 3. The van der Waals surface area contributed by atoms with Gasteiger partial charge in [-0.2, -0.15) is 10.2 Å². The van der Waals surface area contributed by atoms with Crippen LogP contribution in [0.3, 0.4) is 0 Å². The SMILES string of the molecule is CCCCCCCCCCCCCCCCOc1ccc(N=Nc2ccc(OC(=O)c3ccc(N=Cc4cccc(OC(=O)c5ccc(OCCCCCCCCCC)cc5)c4)cc3)cc2)cc1. The topological polar surface area (TPSA) is 108 Å². The third kappa shape index (κ3) is 21.7. The van der Waals surface area contributed by atoms with Crippen molar-refractivity contribution in [1.29, 1.82) is 0 Å². The van der Waals surface area contributed by atoms with E-state index in [1.54, 1.807) is 97.2 Å². The van der Waals surface area contributed by atoms with Crippen molar-refractivity contribution in [3.8, 4) is 23.0 Å². The first-order valence-corrected chi connectivity index (χ1v) is 25.6. The smallest absolute Gasteiger partial charge is 0.343 e. The molecular weight excluding hydrogens is 847 g/mol. The number of hydrogen-bond acceptors (Lipinski definition) is 9. The van der Waals surface area contributed by atoms with E-state index in [2.05, 4.69) is 29.1 Å². The number of hydrogen-bond donors (Lipinski definition) is 0. The highest BCUT2D eigenvalue weighted by Gasteiger charge is 2.11. The normalized spacial score (nSPS) is 11.3. The fourth-order valence-corrected chi connectivity index (χ4v) is 7.73. The van der Waals surface area contributed by atoms with Gasteiger partial charge in [-0.05, 0) is 128 Å². The lowest BCUT2D eigenvalue weighted by Crippen LogP contribution is -2.08. The molecule has 0 spiro atoms.